The van der Waals surface area contributed by atoms with Crippen molar-refractivity contribution in [3.05, 3.63) is 5.82 Å². The van der Waals surface area contributed by atoms with E-state index in [4.69, 9.17) is 5.11 Å². The van der Waals surface area contributed by atoms with E-state index in [1.165, 1.54) is 17.6 Å². The van der Waals surface area contributed by atoms with Crippen molar-refractivity contribution in [2.75, 3.05) is 13.1 Å². The maximum Gasteiger partial charge on any atom is 0.404 e. The first kappa shape index (κ1) is 18.6. The Kier molecular flexibility index (Phi) is 6.05. The van der Waals surface area contributed by atoms with Crippen molar-refractivity contribution >= 4 is 12.0 Å². The van der Waals surface area contributed by atoms with Crippen molar-refractivity contribution < 1.29 is 14.7 Å². The Morgan fingerprint density at radius 3 is 2.69 bits per heavy atom. The molecule has 26 heavy (non-hydrogen) atoms. The van der Waals surface area contributed by atoms with Gasteiger partial charge in [-0.2, -0.15) is 4.80 Å². The molecule has 144 valence electrons. The molecule has 1 saturated carbocycles. The lowest BCUT2D eigenvalue weighted by Crippen LogP contribution is -2.42. The van der Waals surface area contributed by atoms with Crippen LogP contribution in [0.2, 0.25) is 0 Å². The van der Waals surface area contributed by atoms with E-state index < -0.39 is 6.09 Å². The van der Waals surface area contributed by atoms with Gasteiger partial charge in [-0.3, -0.25) is 4.79 Å². The molecule has 0 bridgehead atoms. The number of tetrazole rings is 1. The van der Waals surface area contributed by atoms with Crippen molar-refractivity contribution in [3.8, 4) is 0 Å². The Morgan fingerprint density at radius 1 is 1.27 bits per heavy atom. The monoisotopic (exact) mass is 364 g/mol. The van der Waals surface area contributed by atoms with Gasteiger partial charge >= 0.3 is 6.09 Å². The molecule has 0 aromatic carbocycles. The van der Waals surface area contributed by atoms with Crippen molar-refractivity contribution in [1.82, 2.24) is 30.4 Å². The molecule has 2 heterocycles. The molecule has 0 unspecified atom stereocenters. The molecule has 0 radical (unpaired) electrons. The molecule has 0 spiro atoms. The van der Waals surface area contributed by atoms with Crippen LogP contribution in [-0.4, -0.2) is 55.3 Å². The molecule has 1 aliphatic carbocycles. The summed E-state index contributed by atoms with van der Waals surface area (Å²) in [4.78, 5) is 27.5. The lowest BCUT2D eigenvalue weighted by Gasteiger charge is -2.28. The van der Waals surface area contributed by atoms with Gasteiger partial charge in [-0.15, -0.1) is 10.2 Å². The Morgan fingerprint density at radius 2 is 2.04 bits per heavy atom. The summed E-state index contributed by atoms with van der Waals surface area (Å²) in [6, 6.07) is -0.154. The highest BCUT2D eigenvalue weighted by atomic mass is 16.4. The first-order chi connectivity index (χ1) is 12.6. The number of nitrogens with zero attached hydrogens (tertiary/aromatic N) is 5. The Bertz CT molecular complexity index is 628. The van der Waals surface area contributed by atoms with E-state index in [1.54, 1.807) is 0 Å². The van der Waals surface area contributed by atoms with Gasteiger partial charge in [-0.25, -0.2) is 4.79 Å². The van der Waals surface area contributed by atoms with Crippen LogP contribution in [-0.2, 0) is 11.3 Å². The Balaban J connectivity index is 1.71. The summed E-state index contributed by atoms with van der Waals surface area (Å²) in [6.07, 6.45) is 6.06. The normalized spacial score (nSPS) is 21.9. The maximum atomic E-state index is 13.2. The number of aryl methyl sites for hydroxylation is 1. The molecular weight excluding hydrogens is 336 g/mol. The minimum Gasteiger partial charge on any atom is -0.465 e. The zero-order chi connectivity index (χ0) is 18.5. The van der Waals surface area contributed by atoms with E-state index >= 15 is 0 Å². The lowest BCUT2D eigenvalue weighted by molar-refractivity contribution is -0.137. The van der Waals surface area contributed by atoms with Crippen molar-refractivity contribution in [2.45, 2.75) is 64.5 Å². The molecule has 9 nitrogen and oxygen atoms in total. The minimum absolute atomic E-state index is 0.0148. The van der Waals surface area contributed by atoms with Crippen LogP contribution in [0.5, 0.6) is 0 Å². The van der Waals surface area contributed by atoms with Gasteiger partial charge in [-0.05, 0) is 37.3 Å². The summed E-state index contributed by atoms with van der Waals surface area (Å²) in [5.74, 6) is 0.792. The first-order valence-corrected chi connectivity index (χ1v) is 9.63. The molecule has 1 aromatic rings. The van der Waals surface area contributed by atoms with Gasteiger partial charge in [0.1, 0.15) is 0 Å². The fraction of sp³-hybridized carbons (Fsp3) is 0.824. The smallest absolute Gasteiger partial charge is 0.404 e. The summed E-state index contributed by atoms with van der Waals surface area (Å²) < 4.78 is 0. The summed E-state index contributed by atoms with van der Waals surface area (Å²) >= 11 is 0. The third-order valence-electron chi connectivity index (χ3n) is 5.53. The van der Waals surface area contributed by atoms with Gasteiger partial charge in [0, 0.05) is 13.1 Å². The van der Waals surface area contributed by atoms with Crippen LogP contribution >= 0.6 is 0 Å². The number of rotatable bonds is 7. The lowest BCUT2D eigenvalue weighted by atomic mass is 9.91. The van der Waals surface area contributed by atoms with Crippen LogP contribution in [0.3, 0.4) is 0 Å². The number of hydrogen-bond donors (Lipinski definition) is 2. The van der Waals surface area contributed by atoms with Crippen LogP contribution in [0.4, 0.5) is 4.79 Å². The second-order valence-corrected chi connectivity index (χ2v) is 7.29. The topological polar surface area (TPSA) is 113 Å². The molecule has 2 amide bonds. The molecule has 3 rings (SSSR count). The quantitative estimate of drug-likeness (QED) is 0.763. The highest BCUT2D eigenvalue weighted by Gasteiger charge is 2.37. The summed E-state index contributed by atoms with van der Waals surface area (Å²) in [7, 11) is 0. The van der Waals surface area contributed by atoms with E-state index in [9.17, 15) is 9.59 Å². The van der Waals surface area contributed by atoms with E-state index in [-0.39, 0.29) is 24.4 Å². The highest BCUT2D eigenvalue weighted by Crippen LogP contribution is 2.34. The number of carboxylic acid groups (broad SMARTS) is 1. The number of carbonyl (C=O) groups excluding carboxylic acids is 1. The fourth-order valence-corrected chi connectivity index (χ4v) is 4.19. The molecule has 9 heteroatoms. The molecule has 2 aliphatic rings. The summed E-state index contributed by atoms with van der Waals surface area (Å²) in [5, 5.41) is 23.9. The second-order valence-electron chi connectivity index (χ2n) is 7.29. The van der Waals surface area contributed by atoms with Crippen LogP contribution in [0, 0.1) is 11.8 Å². The van der Waals surface area contributed by atoms with Crippen molar-refractivity contribution in [2.24, 2.45) is 11.8 Å². The number of carbonyl (C=O) groups is 2. The predicted octanol–water partition coefficient (Wildman–Crippen LogP) is 1.82. The highest BCUT2D eigenvalue weighted by molar-refractivity contribution is 5.80. The number of likely N-dealkylation sites (tertiary alicyclic amines) is 1. The van der Waals surface area contributed by atoms with Gasteiger partial charge in [-0.1, -0.05) is 25.7 Å². The van der Waals surface area contributed by atoms with Gasteiger partial charge < -0.3 is 15.3 Å². The summed E-state index contributed by atoms with van der Waals surface area (Å²) in [6.45, 7) is 3.42. The molecule has 2 fully saturated rings. The van der Waals surface area contributed by atoms with Crippen LogP contribution in [0.25, 0.3) is 0 Å². The van der Waals surface area contributed by atoms with Crippen LogP contribution in [0.1, 0.15) is 63.7 Å². The van der Waals surface area contributed by atoms with Crippen LogP contribution < -0.4 is 5.32 Å². The third-order valence-corrected chi connectivity index (χ3v) is 5.53. The van der Waals surface area contributed by atoms with Crippen molar-refractivity contribution in [3.63, 3.8) is 0 Å². The Labute approximate surface area is 153 Å². The zero-order valence-corrected chi connectivity index (χ0v) is 15.3. The van der Waals surface area contributed by atoms with Crippen molar-refractivity contribution in [1.29, 1.82) is 0 Å². The summed E-state index contributed by atoms with van der Waals surface area (Å²) in [5.41, 5.74) is 0. The zero-order valence-electron chi connectivity index (χ0n) is 15.3. The largest absolute Gasteiger partial charge is 0.465 e. The van der Waals surface area contributed by atoms with Crippen LogP contribution in [0.15, 0.2) is 0 Å². The standard InChI is InChI=1S/C17H28N6O3/c1-2-23-20-15(19-21-23)14-8-5-9-22(14)16(24)13(11-18-17(25)26)10-12-6-3-4-7-12/h12-14,18H,2-11H2,1H3,(H,25,26)/t13-,14+/m1/s1. The molecule has 2 atom stereocenters. The fourth-order valence-electron chi connectivity index (χ4n) is 4.19. The molecule has 2 N–H and O–H groups in total. The SMILES string of the molecule is CCn1nnc([C@@H]2CCCN2C(=O)[C@@H](CNC(=O)O)CC2CCCC2)n1. The van der Waals surface area contributed by atoms with E-state index in [0.29, 0.717) is 24.8 Å². The van der Waals surface area contributed by atoms with Gasteiger partial charge in [0.2, 0.25) is 5.91 Å². The Hall–Kier alpha value is -2.19. The van der Waals surface area contributed by atoms with Gasteiger partial charge in [0.25, 0.3) is 0 Å². The molecule has 1 saturated heterocycles. The first-order valence-electron chi connectivity index (χ1n) is 9.63. The number of hydrogen-bond acceptors (Lipinski definition) is 5. The van der Waals surface area contributed by atoms with Gasteiger partial charge in [0.15, 0.2) is 5.82 Å². The molecule has 1 aliphatic heterocycles. The van der Waals surface area contributed by atoms with E-state index in [0.717, 1.165) is 32.1 Å². The van der Waals surface area contributed by atoms with E-state index in [2.05, 4.69) is 20.7 Å². The number of amides is 2. The average molecular weight is 364 g/mol. The second kappa shape index (κ2) is 8.46. The van der Waals surface area contributed by atoms with Gasteiger partial charge in [0.05, 0.1) is 18.5 Å². The third kappa shape index (κ3) is 4.31. The molecular formula is C17H28N6O3. The molecule has 1 aromatic heterocycles. The number of nitrogens with one attached hydrogen (secondary N) is 1. The number of aromatic nitrogens is 4. The maximum absolute atomic E-state index is 13.2. The average Bonchev–Trinajstić information content (AvgIpc) is 3.38. The van der Waals surface area contributed by atoms with E-state index in [1.807, 2.05) is 11.8 Å². The minimum atomic E-state index is -1.08. The predicted molar refractivity (Wildman–Crippen MR) is 93.3 cm³/mol.